The zero-order valence-corrected chi connectivity index (χ0v) is 21.8. The van der Waals surface area contributed by atoms with Crippen molar-refractivity contribution in [1.29, 1.82) is 0 Å². The number of amides is 2. The molecule has 8 nitrogen and oxygen atoms in total. The van der Waals surface area contributed by atoms with Gasteiger partial charge in [-0.15, -0.1) is 0 Å². The van der Waals surface area contributed by atoms with E-state index >= 15 is 0 Å². The SMILES string of the molecule is CC[C@@H](C)NC(=O)[C@H](CC)N(Cc1ccc(F)cc1)C(=O)CN(c1ccccc1)S(=O)(=O)N(C)C. The van der Waals surface area contributed by atoms with E-state index in [4.69, 9.17) is 0 Å². The highest BCUT2D eigenvalue weighted by Gasteiger charge is 2.33. The van der Waals surface area contributed by atoms with Gasteiger partial charge in [-0.2, -0.15) is 12.7 Å². The van der Waals surface area contributed by atoms with Crippen LogP contribution in [0.2, 0.25) is 0 Å². The lowest BCUT2D eigenvalue weighted by molar-refractivity contribution is -0.140. The van der Waals surface area contributed by atoms with E-state index in [1.54, 1.807) is 49.4 Å². The van der Waals surface area contributed by atoms with Crippen molar-refractivity contribution in [3.8, 4) is 0 Å². The van der Waals surface area contributed by atoms with Crippen molar-refractivity contribution >= 4 is 27.7 Å². The summed E-state index contributed by atoms with van der Waals surface area (Å²) < 4.78 is 41.7. The molecule has 2 rings (SSSR count). The third kappa shape index (κ3) is 7.50. The van der Waals surface area contributed by atoms with E-state index < -0.39 is 34.5 Å². The van der Waals surface area contributed by atoms with Gasteiger partial charge in [-0.1, -0.05) is 44.2 Å². The molecule has 0 saturated heterocycles. The summed E-state index contributed by atoms with van der Waals surface area (Å²) in [6.45, 7) is 5.13. The lowest BCUT2D eigenvalue weighted by Gasteiger charge is -2.34. The van der Waals surface area contributed by atoms with E-state index in [9.17, 15) is 22.4 Å². The van der Waals surface area contributed by atoms with E-state index in [1.165, 1.54) is 31.1 Å². The number of rotatable bonds is 12. The Hall–Kier alpha value is -2.98. The van der Waals surface area contributed by atoms with Crippen molar-refractivity contribution in [3.63, 3.8) is 0 Å². The molecule has 0 bridgehead atoms. The van der Waals surface area contributed by atoms with Crippen molar-refractivity contribution < 1.29 is 22.4 Å². The van der Waals surface area contributed by atoms with Crippen molar-refractivity contribution in [2.45, 2.75) is 52.2 Å². The lowest BCUT2D eigenvalue weighted by Crippen LogP contribution is -2.54. The van der Waals surface area contributed by atoms with Crippen molar-refractivity contribution in [2.24, 2.45) is 0 Å². The molecule has 2 aromatic carbocycles. The van der Waals surface area contributed by atoms with Gasteiger partial charge in [0.05, 0.1) is 5.69 Å². The predicted molar refractivity (Wildman–Crippen MR) is 135 cm³/mol. The molecule has 2 atom stereocenters. The Morgan fingerprint density at radius 1 is 0.971 bits per heavy atom. The highest BCUT2D eigenvalue weighted by atomic mass is 32.2. The van der Waals surface area contributed by atoms with Crippen LogP contribution in [0.4, 0.5) is 10.1 Å². The first-order chi connectivity index (χ1) is 16.5. The second-order valence-corrected chi connectivity index (χ2v) is 10.6. The van der Waals surface area contributed by atoms with Crippen LogP contribution in [-0.2, 0) is 26.3 Å². The molecule has 0 aliphatic rings. The van der Waals surface area contributed by atoms with E-state index in [0.29, 0.717) is 17.7 Å². The first-order valence-electron chi connectivity index (χ1n) is 11.6. The Morgan fingerprint density at radius 2 is 1.57 bits per heavy atom. The second-order valence-electron chi connectivity index (χ2n) is 8.52. The Bertz CT molecular complexity index is 1080. The third-order valence-electron chi connectivity index (χ3n) is 5.72. The van der Waals surface area contributed by atoms with Gasteiger partial charge in [-0.25, -0.2) is 8.70 Å². The first kappa shape index (κ1) is 28.3. The van der Waals surface area contributed by atoms with E-state index in [-0.39, 0.29) is 18.5 Å². The van der Waals surface area contributed by atoms with Gasteiger partial charge < -0.3 is 10.2 Å². The first-order valence-corrected chi connectivity index (χ1v) is 13.0. The van der Waals surface area contributed by atoms with Crippen molar-refractivity contribution in [2.75, 3.05) is 24.9 Å². The van der Waals surface area contributed by atoms with Crippen LogP contribution in [-0.4, -0.2) is 62.2 Å². The van der Waals surface area contributed by atoms with Crippen LogP contribution in [0, 0.1) is 5.82 Å². The van der Waals surface area contributed by atoms with Gasteiger partial charge in [0.15, 0.2) is 0 Å². The Kier molecular flexibility index (Phi) is 10.2. The molecule has 0 saturated carbocycles. The summed E-state index contributed by atoms with van der Waals surface area (Å²) in [6, 6.07) is 13.0. The van der Waals surface area contributed by atoms with Crippen LogP contribution in [0.1, 0.15) is 39.2 Å². The molecule has 0 fully saturated rings. The summed E-state index contributed by atoms with van der Waals surface area (Å²) >= 11 is 0. The topological polar surface area (TPSA) is 90.0 Å². The number of hydrogen-bond donors (Lipinski definition) is 1. The summed E-state index contributed by atoms with van der Waals surface area (Å²) in [5.41, 5.74) is 0.949. The van der Waals surface area contributed by atoms with E-state index in [1.807, 2.05) is 13.8 Å². The number of carbonyl (C=O) groups excluding carboxylic acids is 2. The fourth-order valence-electron chi connectivity index (χ4n) is 3.46. The van der Waals surface area contributed by atoms with Gasteiger partial charge >= 0.3 is 10.2 Å². The minimum Gasteiger partial charge on any atom is -0.352 e. The number of nitrogens with zero attached hydrogens (tertiary/aromatic N) is 3. The van der Waals surface area contributed by atoms with Crippen molar-refractivity contribution in [3.05, 3.63) is 66.0 Å². The van der Waals surface area contributed by atoms with Gasteiger partial charge in [0, 0.05) is 26.7 Å². The summed E-state index contributed by atoms with van der Waals surface area (Å²) in [6.07, 6.45) is 1.04. The van der Waals surface area contributed by atoms with Gasteiger partial charge in [-0.3, -0.25) is 9.59 Å². The molecule has 0 aliphatic carbocycles. The maximum Gasteiger partial charge on any atom is 0.304 e. The molecular weight excluding hydrogens is 471 g/mol. The standard InChI is InChI=1S/C25H35FN4O4S/c1-6-19(3)27-25(32)23(7-2)29(17-20-13-15-21(26)16-14-20)24(31)18-30(35(33,34)28(4)5)22-11-9-8-10-12-22/h8-16,19,23H,6-7,17-18H2,1-5H3,(H,27,32)/t19-,23+/m1/s1. The monoisotopic (exact) mass is 506 g/mol. The fraction of sp³-hybridized carbons (Fsp3) is 0.440. The molecule has 1 N–H and O–H groups in total. The van der Waals surface area contributed by atoms with Crippen LogP contribution >= 0.6 is 0 Å². The average Bonchev–Trinajstić information content (AvgIpc) is 2.83. The Labute approximate surface area is 207 Å². The van der Waals surface area contributed by atoms with E-state index in [0.717, 1.165) is 15.0 Å². The zero-order chi connectivity index (χ0) is 26.2. The number of carbonyl (C=O) groups is 2. The van der Waals surface area contributed by atoms with Crippen LogP contribution in [0.5, 0.6) is 0 Å². The number of anilines is 1. The molecule has 2 aromatic rings. The zero-order valence-electron chi connectivity index (χ0n) is 20.9. The minimum absolute atomic E-state index is 0.0240. The third-order valence-corrected chi connectivity index (χ3v) is 7.54. The molecule has 2 amide bonds. The average molecular weight is 507 g/mol. The molecule has 0 aliphatic heterocycles. The molecule has 0 unspecified atom stereocenters. The molecule has 10 heteroatoms. The minimum atomic E-state index is -4.01. The normalized spacial score (nSPS) is 13.2. The van der Waals surface area contributed by atoms with Crippen LogP contribution in [0.15, 0.2) is 54.6 Å². The van der Waals surface area contributed by atoms with Gasteiger partial charge in [0.25, 0.3) is 0 Å². The largest absolute Gasteiger partial charge is 0.352 e. The Balaban J connectivity index is 2.46. The maximum atomic E-state index is 13.7. The smallest absolute Gasteiger partial charge is 0.304 e. The van der Waals surface area contributed by atoms with Crippen molar-refractivity contribution in [1.82, 2.24) is 14.5 Å². The lowest BCUT2D eigenvalue weighted by atomic mass is 10.1. The van der Waals surface area contributed by atoms with Gasteiger partial charge in [0.1, 0.15) is 18.4 Å². The summed E-state index contributed by atoms with van der Waals surface area (Å²) in [5, 5.41) is 2.91. The fourth-order valence-corrected chi connectivity index (χ4v) is 4.51. The number of para-hydroxylation sites is 1. The molecule has 35 heavy (non-hydrogen) atoms. The summed E-state index contributed by atoms with van der Waals surface area (Å²) in [5.74, 6) is -1.28. The quantitative estimate of drug-likeness (QED) is 0.479. The predicted octanol–water partition coefficient (Wildman–Crippen LogP) is 3.16. The molecule has 0 spiro atoms. The van der Waals surface area contributed by atoms with Crippen LogP contribution < -0.4 is 9.62 Å². The summed E-state index contributed by atoms with van der Waals surface area (Å²) in [7, 11) is -1.23. The van der Waals surface area contributed by atoms with Gasteiger partial charge in [0.2, 0.25) is 11.8 Å². The second kappa shape index (κ2) is 12.6. The number of hydrogen-bond acceptors (Lipinski definition) is 4. The molecular formula is C25H35FN4O4S. The van der Waals surface area contributed by atoms with E-state index in [2.05, 4.69) is 5.32 Å². The number of nitrogens with one attached hydrogen (secondary N) is 1. The Morgan fingerprint density at radius 3 is 2.09 bits per heavy atom. The number of halogens is 1. The molecule has 0 heterocycles. The highest BCUT2D eigenvalue weighted by molar-refractivity contribution is 7.90. The van der Waals surface area contributed by atoms with Gasteiger partial charge in [-0.05, 0) is 49.6 Å². The number of benzene rings is 2. The maximum absolute atomic E-state index is 13.7. The summed E-state index contributed by atoms with van der Waals surface area (Å²) in [4.78, 5) is 28.1. The molecule has 0 aromatic heterocycles. The van der Waals surface area contributed by atoms with Crippen LogP contribution in [0.3, 0.4) is 0 Å². The molecule has 192 valence electrons. The molecule has 0 radical (unpaired) electrons. The van der Waals surface area contributed by atoms with Crippen LogP contribution in [0.25, 0.3) is 0 Å². The highest BCUT2D eigenvalue weighted by Crippen LogP contribution is 2.21.